The second-order valence-corrected chi connectivity index (χ2v) is 6.23. The quantitative estimate of drug-likeness (QED) is 0.635. The highest BCUT2D eigenvalue weighted by Gasteiger charge is 2.34. The average Bonchev–Trinajstić information content (AvgIpc) is 2.65. The minimum atomic E-state index is -1.07. The molecule has 1 heterocycles. The fourth-order valence-electron chi connectivity index (χ4n) is 3.24. The van der Waals surface area contributed by atoms with E-state index in [0.717, 1.165) is 16.7 Å². The third-order valence-corrected chi connectivity index (χ3v) is 4.53. The highest BCUT2D eigenvalue weighted by Crippen LogP contribution is 2.39. The first-order valence-corrected chi connectivity index (χ1v) is 8.50. The van der Waals surface area contributed by atoms with Gasteiger partial charge in [-0.2, -0.15) is 0 Å². The minimum Gasteiger partial charge on any atom is -0.478 e. The van der Waals surface area contributed by atoms with Crippen molar-refractivity contribution < 1.29 is 19.4 Å². The summed E-state index contributed by atoms with van der Waals surface area (Å²) in [6.45, 7) is 3.90. The van der Waals surface area contributed by atoms with Gasteiger partial charge in [0.25, 0.3) is 0 Å². The van der Waals surface area contributed by atoms with Crippen LogP contribution in [-0.4, -0.2) is 23.1 Å². The molecule has 2 atom stereocenters. The molecule has 4 heteroatoms. The van der Waals surface area contributed by atoms with Crippen LogP contribution in [-0.2, 0) is 4.74 Å². The van der Waals surface area contributed by atoms with Crippen molar-refractivity contribution >= 4 is 11.9 Å². The van der Waals surface area contributed by atoms with Gasteiger partial charge in [0, 0.05) is 5.92 Å². The Balaban J connectivity index is 2.20. The van der Waals surface area contributed by atoms with Crippen molar-refractivity contribution in [2.24, 2.45) is 0 Å². The Hall–Kier alpha value is -3.14. The van der Waals surface area contributed by atoms with E-state index < -0.39 is 18.0 Å². The molecular weight excluding hydrogens is 328 g/mol. The van der Waals surface area contributed by atoms with Crippen molar-refractivity contribution in [1.29, 1.82) is 0 Å². The number of cyclic esters (lactones) is 1. The first-order valence-electron chi connectivity index (χ1n) is 8.50. The lowest BCUT2D eigenvalue weighted by Crippen LogP contribution is -2.30. The van der Waals surface area contributed by atoms with Crippen LogP contribution in [0.15, 0.2) is 66.8 Å². The zero-order valence-corrected chi connectivity index (χ0v) is 14.7. The maximum atomic E-state index is 12.6. The number of hydrogen-bond acceptors (Lipinski definition) is 3. The summed E-state index contributed by atoms with van der Waals surface area (Å²) >= 11 is 0. The number of rotatable bonds is 4. The number of esters is 1. The zero-order chi connectivity index (χ0) is 18.7. The molecule has 0 saturated carbocycles. The Morgan fingerprint density at radius 1 is 1.12 bits per heavy atom. The minimum absolute atomic E-state index is 0.0784. The molecule has 2 aromatic carbocycles. The number of aromatic carboxylic acids is 1. The topological polar surface area (TPSA) is 63.6 Å². The van der Waals surface area contributed by atoms with Crippen LogP contribution >= 0.6 is 0 Å². The van der Waals surface area contributed by atoms with Gasteiger partial charge in [0.05, 0.1) is 11.1 Å². The molecule has 0 unspecified atom stereocenters. The number of carboxylic acids is 1. The summed E-state index contributed by atoms with van der Waals surface area (Å²) in [5.41, 5.74) is 2.87. The molecule has 1 aliphatic heterocycles. The maximum Gasteiger partial charge on any atom is 0.339 e. The number of carbonyl (C=O) groups is 2. The van der Waals surface area contributed by atoms with Gasteiger partial charge in [0.15, 0.2) is 0 Å². The van der Waals surface area contributed by atoms with E-state index in [9.17, 15) is 14.7 Å². The summed E-state index contributed by atoms with van der Waals surface area (Å²) in [6.07, 6.45) is 7.08. The van der Waals surface area contributed by atoms with Gasteiger partial charge >= 0.3 is 11.9 Å². The molecule has 132 valence electrons. The molecule has 0 fully saturated rings. The summed E-state index contributed by atoms with van der Waals surface area (Å²) in [7, 11) is 0. The van der Waals surface area contributed by atoms with Crippen LogP contribution in [0.3, 0.4) is 0 Å². The number of hydrogen-bond donors (Lipinski definition) is 1. The third kappa shape index (κ3) is 3.31. The van der Waals surface area contributed by atoms with Crippen molar-refractivity contribution in [2.45, 2.75) is 25.9 Å². The first kappa shape index (κ1) is 17.7. The predicted molar refractivity (Wildman–Crippen MR) is 100 cm³/mol. The molecule has 0 bridgehead atoms. The summed E-state index contributed by atoms with van der Waals surface area (Å²) in [6, 6.07) is 12.6. The molecule has 2 aromatic rings. The van der Waals surface area contributed by atoms with Gasteiger partial charge in [-0.25, -0.2) is 9.59 Å². The van der Waals surface area contributed by atoms with Gasteiger partial charge in [0.2, 0.25) is 0 Å². The number of allylic oxidation sites excluding steroid dienone is 3. The normalized spacial score (nSPS) is 19.5. The average molecular weight is 348 g/mol. The van der Waals surface area contributed by atoms with Crippen LogP contribution in [0, 0.1) is 0 Å². The van der Waals surface area contributed by atoms with E-state index in [0.29, 0.717) is 5.56 Å². The molecular formula is C22H20O4. The lowest BCUT2D eigenvalue weighted by molar-refractivity contribution is 0.0307. The van der Waals surface area contributed by atoms with Gasteiger partial charge < -0.3 is 9.84 Å². The zero-order valence-electron chi connectivity index (χ0n) is 14.7. The van der Waals surface area contributed by atoms with E-state index in [1.807, 2.05) is 68.5 Å². The summed E-state index contributed by atoms with van der Waals surface area (Å²) in [5, 5.41) is 9.43. The number of carboxylic acid groups (broad SMARTS) is 1. The number of fused-ring (bicyclic) bond motifs is 1. The predicted octanol–water partition coefficient (Wildman–Crippen LogP) is 4.83. The van der Waals surface area contributed by atoms with E-state index in [2.05, 4.69) is 0 Å². The number of carbonyl (C=O) groups excluding carboxylic acids is 1. The second kappa shape index (κ2) is 7.40. The highest BCUT2D eigenvalue weighted by molar-refractivity contribution is 6.00. The fourth-order valence-corrected chi connectivity index (χ4v) is 3.24. The van der Waals surface area contributed by atoms with Crippen molar-refractivity contribution in [3.8, 4) is 11.1 Å². The van der Waals surface area contributed by atoms with Gasteiger partial charge in [0.1, 0.15) is 6.10 Å². The van der Waals surface area contributed by atoms with Crippen molar-refractivity contribution in [1.82, 2.24) is 0 Å². The lowest BCUT2D eigenvalue weighted by Gasteiger charge is -2.31. The third-order valence-electron chi connectivity index (χ3n) is 4.53. The van der Waals surface area contributed by atoms with Crippen LogP contribution in [0.1, 0.15) is 46.0 Å². The van der Waals surface area contributed by atoms with Crippen LogP contribution in [0.4, 0.5) is 0 Å². The Kier molecular flexibility index (Phi) is 5.03. The maximum absolute atomic E-state index is 12.6. The Labute approximate surface area is 152 Å². The molecule has 26 heavy (non-hydrogen) atoms. The molecule has 0 radical (unpaired) electrons. The highest BCUT2D eigenvalue weighted by atomic mass is 16.5. The molecule has 1 aliphatic rings. The standard InChI is InChI=1S/C22H20O4/c1-3-4-6-11-19-14(2)20-17(15-9-7-5-8-10-15)12-16(21(23)24)13-18(20)22(25)26-19/h3-14,19H,1-2H3,(H,23,24)/b4-3+,11-6+/t14-,19+/m1/s1. The monoisotopic (exact) mass is 348 g/mol. The van der Waals surface area contributed by atoms with E-state index in [-0.39, 0.29) is 11.5 Å². The molecule has 0 aromatic heterocycles. The first-order chi connectivity index (χ1) is 12.5. The van der Waals surface area contributed by atoms with Crippen molar-refractivity contribution in [3.63, 3.8) is 0 Å². The Bertz CT molecular complexity index is 894. The summed E-state index contributed by atoms with van der Waals surface area (Å²) in [5.74, 6) is -1.66. The molecule has 4 nitrogen and oxygen atoms in total. The molecule has 3 rings (SSSR count). The van der Waals surface area contributed by atoms with E-state index in [1.165, 1.54) is 6.07 Å². The van der Waals surface area contributed by atoms with Gasteiger partial charge in [-0.15, -0.1) is 0 Å². The molecule has 0 saturated heterocycles. The SMILES string of the molecule is C/C=C/C=C/[C@@H]1OC(=O)c2cc(C(=O)O)cc(-c3ccccc3)c2[C@@H]1C. The van der Waals surface area contributed by atoms with Crippen molar-refractivity contribution in [2.75, 3.05) is 0 Å². The van der Waals surface area contributed by atoms with Crippen molar-refractivity contribution in [3.05, 3.63) is 83.5 Å². The second-order valence-electron chi connectivity index (χ2n) is 6.23. The fraction of sp³-hybridized carbons (Fsp3) is 0.182. The smallest absolute Gasteiger partial charge is 0.339 e. The van der Waals surface area contributed by atoms with E-state index in [4.69, 9.17) is 4.74 Å². The number of benzene rings is 2. The van der Waals surface area contributed by atoms with Crippen LogP contribution in [0.2, 0.25) is 0 Å². The van der Waals surface area contributed by atoms with Crippen LogP contribution in [0.25, 0.3) is 11.1 Å². The van der Waals surface area contributed by atoms with E-state index >= 15 is 0 Å². The Morgan fingerprint density at radius 2 is 1.81 bits per heavy atom. The number of ether oxygens (including phenoxy) is 1. The molecule has 0 amide bonds. The summed E-state index contributed by atoms with van der Waals surface area (Å²) < 4.78 is 5.54. The van der Waals surface area contributed by atoms with Crippen LogP contribution in [0.5, 0.6) is 0 Å². The molecule has 0 aliphatic carbocycles. The molecule has 1 N–H and O–H groups in total. The largest absolute Gasteiger partial charge is 0.478 e. The Morgan fingerprint density at radius 3 is 2.46 bits per heavy atom. The van der Waals surface area contributed by atoms with E-state index in [1.54, 1.807) is 6.07 Å². The summed E-state index contributed by atoms with van der Waals surface area (Å²) in [4.78, 5) is 24.1. The van der Waals surface area contributed by atoms with Gasteiger partial charge in [-0.3, -0.25) is 0 Å². The van der Waals surface area contributed by atoms with Gasteiger partial charge in [-0.1, -0.05) is 55.5 Å². The molecule has 0 spiro atoms. The van der Waals surface area contributed by atoms with Crippen LogP contribution < -0.4 is 0 Å². The van der Waals surface area contributed by atoms with Gasteiger partial charge in [-0.05, 0) is 41.8 Å². The lowest BCUT2D eigenvalue weighted by atomic mass is 9.81.